The number of carbonyl (C=O) groups is 2. The van der Waals surface area contributed by atoms with Crippen molar-refractivity contribution in [3.05, 3.63) is 33.9 Å². The molecule has 1 rings (SSSR count). The van der Waals surface area contributed by atoms with Gasteiger partial charge in [0.2, 0.25) is 5.91 Å². The predicted octanol–water partition coefficient (Wildman–Crippen LogP) is 0.865. The zero-order valence-electron chi connectivity index (χ0n) is 11.1. The van der Waals surface area contributed by atoms with Crippen molar-refractivity contribution in [3.8, 4) is 0 Å². The van der Waals surface area contributed by atoms with Crippen LogP contribution in [0.1, 0.15) is 17.3 Å². The van der Waals surface area contributed by atoms with Gasteiger partial charge in [0, 0.05) is 19.7 Å². The average Bonchev–Trinajstić information content (AvgIpc) is 2.43. The highest BCUT2D eigenvalue weighted by atomic mass is 16.6. The molecular formula is C12H15N3O5. The van der Waals surface area contributed by atoms with E-state index in [1.807, 2.05) is 0 Å². The molecule has 0 atom stereocenters. The van der Waals surface area contributed by atoms with Crippen LogP contribution < -0.4 is 10.2 Å². The van der Waals surface area contributed by atoms with Crippen LogP contribution in [0, 0.1) is 10.1 Å². The number of carboxylic acids is 1. The molecule has 0 saturated heterocycles. The number of carbonyl (C=O) groups excluding carboxylic acids is 1. The minimum absolute atomic E-state index is 0.0686. The molecule has 0 aromatic heterocycles. The van der Waals surface area contributed by atoms with Crippen molar-refractivity contribution in [2.45, 2.75) is 6.92 Å². The molecule has 1 aromatic carbocycles. The normalized spacial score (nSPS) is 9.90. The number of hydrogen-bond donors (Lipinski definition) is 2. The summed E-state index contributed by atoms with van der Waals surface area (Å²) in [5, 5.41) is 22.4. The summed E-state index contributed by atoms with van der Waals surface area (Å²) in [6, 6.07) is 3.50. The molecular weight excluding hydrogens is 266 g/mol. The number of nitro groups is 1. The Morgan fingerprint density at radius 3 is 2.55 bits per heavy atom. The van der Waals surface area contributed by atoms with Crippen LogP contribution in [0.4, 0.5) is 11.4 Å². The molecule has 8 heteroatoms. The summed E-state index contributed by atoms with van der Waals surface area (Å²) in [4.78, 5) is 34.2. The predicted molar refractivity (Wildman–Crippen MR) is 72.0 cm³/mol. The molecule has 20 heavy (non-hydrogen) atoms. The maximum atomic E-state index is 11.4. The zero-order chi connectivity index (χ0) is 15.3. The summed E-state index contributed by atoms with van der Waals surface area (Å²) in [7, 11) is 1.46. The Morgan fingerprint density at radius 2 is 2.10 bits per heavy atom. The molecule has 0 unspecified atom stereocenters. The van der Waals surface area contributed by atoms with E-state index in [-0.39, 0.29) is 29.4 Å². The van der Waals surface area contributed by atoms with Gasteiger partial charge in [0.05, 0.1) is 17.0 Å². The van der Waals surface area contributed by atoms with Crippen LogP contribution in [0.25, 0.3) is 0 Å². The molecule has 1 aromatic rings. The fourth-order valence-corrected chi connectivity index (χ4v) is 1.68. The van der Waals surface area contributed by atoms with Gasteiger partial charge in [-0.2, -0.15) is 0 Å². The van der Waals surface area contributed by atoms with E-state index in [9.17, 15) is 19.7 Å². The Kier molecular flexibility index (Phi) is 5.01. The zero-order valence-corrected chi connectivity index (χ0v) is 11.1. The molecule has 0 bridgehead atoms. The van der Waals surface area contributed by atoms with Gasteiger partial charge < -0.3 is 15.3 Å². The van der Waals surface area contributed by atoms with E-state index < -0.39 is 10.9 Å². The summed E-state index contributed by atoms with van der Waals surface area (Å²) in [5.74, 6) is -1.50. The summed E-state index contributed by atoms with van der Waals surface area (Å²) >= 11 is 0. The lowest BCUT2D eigenvalue weighted by atomic mass is 10.1. The first-order valence-electron chi connectivity index (χ1n) is 5.88. The van der Waals surface area contributed by atoms with Crippen LogP contribution in [0.2, 0.25) is 0 Å². The van der Waals surface area contributed by atoms with Gasteiger partial charge in [-0.15, -0.1) is 0 Å². The van der Waals surface area contributed by atoms with Crippen LogP contribution in [0.3, 0.4) is 0 Å². The monoisotopic (exact) mass is 281 g/mol. The summed E-state index contributed by atoms with van der Waals surface area (Å²) in [6.45, 7) is 1.97. The number of nitrogens with zero attached hydrogens (tertiary/aromatic N) is 2. The molecule has 0 saturated carbocycles. The Bertz CT molecular complexity index is 544. The van der Waals surface area contributed by atoms with Gasteiger partial charge >= 0.3 is 5.97 Å². The highest BCUT2D eigenvalue weighted by Gasteiger charge is 2.22. The number of hydrogen-bond acceptors (Lipinski definition) is 5. The van der Waals surface area contributed by atoms with Gasteiger partial charge in [-0.05, 0) is 19.1 Å². The van der Waals surface area contributed by atoms with E-state index in [2.05, 4.69) is 5.32 Å². The molecule has 2 N–H and O–H groups in total. The van der Waals surface area contributed by atoms with E-state index in [1.165, 1.54) is 18.0 Å². The minimum Gasteiger partial charge on any atom is -0.478 e. The van der Waals surface area contributed by atoms with Crippen molar-refractivity contribution in [2.75, 3.05) is 25.0 Å². The summed E-state index contributed by atoms with van der Waals surface area (Å²) in [5.41, 5.74) is -0.192. The molecule has 108 valence electrons. The van der Waals surface area contributed by atoms with E-state index in [1.54, 1.807) is 6.92 Å². The molecule has 0 spiro atoms. The van der Waals surface area contributed by atoms with Gasteiger partial charge in [-0.3, -0.25) is 14.9 Å². The number of nitrogens with one attached hydrogen (secondary N) is 1. The Morgan fingerprint density at radius 1 is 1.45 bits per heavy atom. The van der Waals surface area contributed by atoms with Gasteiger partial charge in [0.15, 0.2) is 0 Å². The number of benzene rings is 1. The standard InChI is InChI=1S/C12H15N3O5/c1-3-14(7-11(16)13-2)10-6-8(12(17)18)4-5-9(10)15(19)20/h4-6H,3,7H2,1-2H3,(H,13,16)(H,17,18). The SMILES string of the molecule is CCN(CC(=O)NC)c1cc(C(=O)O)ccc1[N+](=O)[O-]. The van der Waals surface area contributed by atoms with Gasteiger partial charge in [-0.1, -0.05) is 0 Å². The van der Waals surface area contributed by atoms with Crippen molar-refractivity contribution in [1.82, 2.24) is 5.32 Å². The molecule has 0 fully saturated rings. The first kappa shape index (κ1) is 15.4. The summed E-state index contributed by atoms with van der Waals surface area (Å²) in [6.07, 6.45) is 0. The Balaban J connectivity index is 3.28. The third-order valence-electron chi connectivity index (χ3n) is 2.75. The topological polar surface area (TPSA) is 113 Å². The van der Waals surface area contributed by atoms with E-state index in [0.29, 0.717) is 6.54 Å². The van der Waals surface area contributed by atoms with Crippen LogP contribution in [0.5, 0.6) is 0 Å². The highest BCUT2D eigenvalue weighted by Crippen LogP contribution is 2.29. The minimum atomic E-state index is -1.18. The van der Waals surface area contributed by atoms with Crippen molar-refractivity contribution < 1.29 is 19.6 Å². The molecule has 1 amide bonds. The largest absolute Gasteiger partial charge is 0.478 e. The fourth-order valence-electron chi connectivity index (χ4n) is 1.68. The number of likely N-dealkylation sites (N-methyl/N-ethyl adjacent to an activating group) is 2. The number of nitro benzene ring substituents is 1. The van der Waals surface area contributed by atoms with E-state index in [0.717, 1.165) is 12.1 Å². The van der Waals surface area contributed by atoms with Crippen LogP contribution >= 0.6 is 0 Å². The molecule has 0 aliphatic carbocycles. The second kappa shape index (κ2) is 6.50. The number of rotatable bonds is 6. The Labute approximate surface area is 115 Å². The average molecular weight is 281 g/mol. The number of amides is 1. The third kappa shape index (κ3) is 3.44. The molecule has 0 aliphatic heterocycles. The smallest absolute Gasteiger partial charge is 0.335 e. The van der Waals surface area contributed by atoms with Crippen LogP contribution in [-0.2, 0) is 4.79 Å². The van der Waals surface area contributed by atoms with Crippen molar-refractivity contribution in [1.29, 1.82) is 0 Å². The van der Waals surface area contributed by atoms with Gasteiger partial charge in [0.1, 0.15) is 5.69 Å². The number of aromatic carboxylic acids is 1. The van der Waals surface area contributed by atoms with Gasteiger partial charge in [0.25, 0.3) is 5.69 Å². The first-order chi connectivity index (χ1) is 9.40. The fraction of sp³-hybridized carbons (Fsp3) is 0.333. The molecule has 0 radical (unpaired) electrons. The second-order valence-corrected chi connectivity index (χ2v) is 3.95. The van der Waals surface area contributed by atoms with Crippen molar-refractivity contribution in [3.63, 3.8) is 0 Å². The lowest BCUT2D eigenvalue weighted by Crippen LogP contribution is -2.35. The molecule has 0 aliphatic rings. The Hall–Kier alpha value is -2.64. The lowest BCUT2D eigenvalue weighted by molar-refractivity contribution is -0.384. The molecule has 8 nitrogen and oxygen atoms in total. The van der Waals surface area contributed by atoms with E-state index >= 15 is 0 Å². The lowest BCUT2D eigenvalue weighted by Gasteiger charge is -2.22. The number of carboxylic acid groups (broad SMARTS) is 1. The maximum absolute atomic E-state index is 11.4. The van der Waals surface area contributed by atoms with Crippen molar-refractivity contribution in [2.24, 2.45) is 0 Å². The van der Waals surface area contributed by atoms with Crippen LogP contribution in [-0.4, -0.2) is 42.0 Å². The maximum Gasteiger partial charge on any atom is 0.335 e. The third-order valence-corrected chi connectivity index (χ3v) is 2.75. The van der Waals surface area contributed by atoms with Gasteiger partial charge in [-0.25, -0.2) is 4.79 Å². The highest BCUT2D eigenvalue weighted by molar-refractivity contribution is 5.91. The second-order valence-electron chi connectivity index (χ2n) is 3.95. The quantitative estimate of drug-likeness (QED) is 0.590. The molecule has 0 heterocycles. The first-order valence-corrected chi connectivity index (χ1v) is 5.88. The van der Waals surface area contributed by atoms with Crippen molar-refractivity contribution >= 4 is 23.3 Å². The summed E-state index contributed by atoms with van der Waals surface area (Å²) < 4.78 is 0. The number of anilines is 1. The van der Waals surface area contributed by atoms with E-state index in [4.69, 9.17) is 5.11 Å². The van der Waals surface area contributed by atoms with Crippen LogP contribution in [0.15, 0.2) is 18.2 Å².